The molecule has 9 heteroatoms. The first kappa shape index (κ1) is 16.4. The summed E-state index contributed by atoms with van der Waals surface area (Å²) in [5, 5.41) is 7.12. The highest BCUT2D eigenvalue weighted by molar-refractivity contribution is 7.88. The summed E-state index contributed by atoms with van der Waals surface area (Å²) >= 11 is 0. The van der Waals surface area contributed by atoms with E-state index in [0.29, 0.717) is 38.3 Å². The van der Waals surface area contributed by atoms with Gasteiger partial charge < -0.3 is 9.64 Å². The molecule has 0 aromatic carbocycles. The van der Waals surface area contributed by atoms with Crippen LogP contribution in [0, 0.1) is 0 Å². The fourth-order valence-electron chi connectivity index (χ4n) is 3.22. The third kappa shape index (κ3) is 3.13. The number of piperazine rings is 1. The molecule has 3 heterocycles. The molecule has 0 spiro atoms. The molecular formula is C14H22N4O4S. The number of aromatic nitrogens is 2. The molecule has 1 aromatic rings. The van der Waals surface area contributed by atoms with Crippen molar-refractivity contribution < 1.29 is 17.9 Å². The van der Waals surface area contributed by atoms with Gasteiger partial charge in [-0.25, -0.2) is 8.42 Å². The molecule has 0 unspecified atom stereocenters. The first-order chi connectivity index (χ1) is 10.8. The van der Waals surface area contributed by atoms with Crippen LogP contribution in [0.25, 0.3) is 0 Å². The molecule has 2 aliphatic rings. The molecule has 1 saturated heterocycles. The second-order valence-corrected chi connectivity index (χ2v) is 8.19. The number of carbonyl (C=O) groups is 1. The Bertz CT molecular complexity index is 706. The zero-order valence-electron chi connectivity index (χ0n) is 13.6. The minimum atomic E-state index is -3.20. The van der Waals surface area contributed by atoms with Gasteiger partial charge in [0.25, 0.3) is 5.91 Å². The van der Waals surface area contributed by atoms with Crippen molar-refractivity contribution in [3.8, 4) is 0 Å². The number of H-pyrrole nitrogens is 1. The van der Waals surface area contributed by atoms with Crippen LogP contribution in [-0.4, -0.2) is 72.3 Å². The van der Waals surface area contributed by atoms with Gasteiger partial charge in [0.05, 0.1) is 24.2 Å². The van der Waals surface area contributed by atoms with Crippen molar-refractivity contribution in [2.45, 2.75) is 32.5 Å². The molecule has 1 aromatic heterocycles. The van der Waals surface area contributed by atoms with E-state index >= 15 is 0 Å². The number of hydrogen-bond acceptors (Lipinski definition) is 5. The van der Waals surface area contributed by atoms with Crippen molar-refractivity contribution in [2.75, 3.05) is 32.4 Å². The van der Waals surface area contributed by atoms with Crippen molar-refractivity contribution in [1.82, 2.24) is 19.4 Å². The molecule has 0 aliphatic carbocycles. The molecule has 0 saturated carbocycles. The van der Waals surface area contributed by atoms with Gasteiger partial charge in [-0.1, -0.05) is 0 Å². The summed E-state index contributed by atoms with van der Waals surface area (Å²) in [6.07, 6.45) is 1.78. The van der Waals surface area contributed by atoms with Gasteiger partial charge in [0.15, 0.2) is 5.69 Å². The topological polar surface area (TPSA) is 95.6 Å². The van der Waals surface area contributed by atoms with E-state index in [1.54, 1.807) is 4.90 Å². The zero-order valence-corrected chi connectivity index (χ0v) is 14.4. The maximum atomic E-state index is 12.7. The molecule has 2 aliphatic heterocycles. The number of aromatic amines is 1. The lowest BCUT2D eigenvalue weighted by Gasteiger charge is -2.33. The number of nitrogens with zero attached hydrogens (tertiary/aromatic N) is 3. The third-order valence-corrected chi connectivity index (χ3v) is 5.73. The number of nitrogens with one attached hydrogen (secondary N) is 1. The maximum absolute atomic E-state index is 12.7. The molecule has 1 fully saturated rings. The van der Waals surface area contributed by atoms with Crippen molar-refractivity contribution >= 4 is 15.9 Å². The molecule has 1 N–H and O–H groups in total. The van der Waals surface area contributed by atoms with E-state index in [1.165, 1.54) is 10.6 Å². The van der Waals surface area contributed by atoms with Crippen molar-refractivity contribution in [3.63, 3.8) is 0 Å². The highest BCUT2D eigenvalue weighted by atomic mass is 32.2. The second kappa shape index (κ2) is 5.88. The maximum Gasteiger partial charge on any atom is 0.274 e. The fraction of sp³-hybridized carbons (Fsp3) is 0.714. The quantitative estimate of drug-likeness (QED) is 0.825. The molecule has 2 atom stereocenters. The molecular weight excluding hydrogens is 320 g/mol. The lowest BCUT2D eigenvalue weighted by Crippen LogP contribution is -2.50. The SMILES string of the molecule is C[C@@H]1Cc2c(C(=O)N3CCN(S(C)(=O)=O)CC3)n[nH]c2[C@H](C)O1. The van der Waals surface area contributed by atoms with E-state index in [0.717, 1.165) is 11.3 Å². The Hall–Kier alpha value is -1.45. The van der Waals surface area contributed by atoms with Crippen molar-refractivity contribution in [3.05, 3.63) is 17.0 Å². The van der Waals surface area contributed by atoms with Crippen LogP contribution in [0.5, 0.6) is 0 Å². The minimum absolute atomic E-state index is 0.0451. The van der Waals surface area contributed by atoms with Gasteiger partial charge >= 0.3 is 0 Å². The van der Waals surface area contributed by atoms with E-state index < -0.39 is 10.0 Å². The Morgan fingerprint density at radius 3 is 2.52 bits per heavy atom. The summed E-state index contributed by atoms with van der Waals surface area (Å²) in [4.78, 5) is 14.4. The van der Waals surface area contributed by atoms with Gasteiger partial charge in [0, 0.05) is 38.2 Å². The van der Waals surface area contributed by atoms with E-state index in [1.807, 2.05) is 13.8 Å². The number of ether oxygens (including phenoxy) is 1. The van der Waals surface area contributed by atoms with Gasteiger partial charge in [-0.05, 0) is 13.8 Å². The predicted octanol–water partition coefficient (Wildman–Crippen LogP) is 0.149. The molecule has 1 amide bonds. The van der Waals surface area contributed by atoms with Gasteiger partial charge in [0.2, 0.25) is 10.0 Å². The molecule has 3 rings (SSSR count). The van der Waals surface area contributed by atoms with E-state index in [4.69, 9.17) is 4.74 Å². The van der Waals surface area contributed by atoms with Crippen LogP contribution in [0.15, 0.2) is 0 Å². The molecule has 128 valence electrons. The molecule has 0 radical (unpaired) electrons. The summed E-state index contributed by atoms with van der Waals surface area (Å²) in [5.74, 6) is -0.142. The molecule has 0 bridgehead atoms. The number of sulfonamides is 1. The Morgan fingerprint density at radius 1 is 1.26 bits per heavy atom. The lowest BCUT2D eigenvalue weighted by atomic mass is 9.99. The minimum Gasteiger partial charge on any atom is -0.369 e. The summed E-state index contributed by atoms with van der Waals surface area (Å²) in [6, 6.07) is 0. The number of amides is 1. The van der Waals surface area contributed by atoms with Crippen LogP contribution in [0.4, 0.5) is 0 Å². The Morgan fingerprint density at radius 2 is 1.91 bits per heavy atom. The highest BCUT2D eigenvalue weighted by Gasteiger charge is 2.33. The van der Waals surface area contributed by atoms with E-state index in [9.17, 15) is 13.2 Å². The largest absolute Gasteiger partial charge is 0.369 e. The number of carbonyl (C=O) groups excluding carboxylic acids is 1. The Kier molecular flexibility index (Phi) is 4.19. The third-order valence-electron chi connectivity index (χ3n) is 4.43. The highest BCUT2D eigenvalue weighted by Crippen LogP contribution is 2.30. The smallest absolute Gasteiger partial charge is 0.274 e. The summed E-state index contributed by atoms with van der Waals surface area (Å²) < 4.78 is 30.2. The average Bonchev–Trinajstić information content (AvgIpc) is 2.89. The summed E-state index contributed by atoms with van der Waals surface area (Å²) in [6.45, 7) is 5.34. The normalized spacial score (nSPS) is 26.1. The monoisotopic (exact) mass is 342 g/mol. The Balaban J connectivity index is 1.76. The number of fused-ring (bicyclic) bond motifs is 1. The average molecular weight is 342 g/mol. The summed E-state index contributed by atoms with van der Waals surface area (Å²) in [7, 11) is -3.20. The first-order valence-electron chi connectivity index (χ1n) is 7.74. The predicted molar refractivity (Wildman–Crippen MR) is 83.6 cm³/mol. The van der Waals surface area contributed by atoms with Crippen LogP contribution in [-0.2, 0) is 21.2 Å². The van der Waals surface area contributed by atoms with Gasteiger partial charge in [-0.3, -0.25) is 9.89 Å². The standard InChI is InChI=1S/C14H22N4O4S/c1-9-8-11-12(10(2)22-9)15-16-13(11)14(19)17-4-6-18(7-5-17)23(3,20)21/h9-10H,4-8H2,1-3H3,(H,15,16)/t9-,10+/m1/s1. The second-order valence-electron chi connectivity index (χ2n) is 6.21. The van der Waals surface area contributed by atoms with E-state index in [2.05, 4.69) is 10.2 Å². The number of rotatable bonds is 2. The van der Waals surface area contributed by atoms with E-state index in [-0.39, 0.29) is 18.1 Å². The fourth-order valence-corrected chi connectivity index (χ4v) is 4.05. The van der Waals surface area contributed by atoms with Gasteiger partial charge in [0.1, 0.15) is 0 Å². The van der Waals surface area contributed by atoms with Crippen LogP contribution in [0.2, 0.25) is 0 Å². The Labute approximate surface area is 135 Å². The van der Waals surface area contributed by atoms with Gasteiger partial charge in [-0.2, -0.15) is 9.40 Å². The molecule has 8 nitrogen and oxygen atoms in total. The van der Waals surface area contributed by atoms with Crippen LogP contribution in [0.3, 0.4) is 0 Å². The van der Waals surface area contributed by atoms with Crippen LogP contribution < -0.4 is 0 Å². The zero-order chi connectivity index (χ0) is 16.8. The van der Waals surface area contributed by atoms with Crippen LogP contribution in [0.1, 0.15) is 41.7 Å². The molecule has 23 heavy (non-hydrogen) atoms. The van der Waals surface area contributed by atoms with Gasteiger partial charge in [-0.15, -0.1) is 0 Å². The van der Waals surface area contributed by atoms with Crippen molar-refractivity contribution in [1.29, 1.82) is 0 Å². The van der Waals surface area contributed by atoms with Crippen LogP contribution >= 0.6 is 0 Å². The first-order valence-corrected chi connectivity index (χ1v) is 9.59. The summed E-state index contributed by atoms with van der Waals surface area (Å²) in [5.41, 5.74) is 2.22. The lowest BCUT2D eigenvalue weighted by molar-refractivity contribution is -0.00703. The number of hydrogen-bond donors (Lipinski definition) is 1. The van der Waals surface area contributed by atoms with Crippen molar-refractivity contribution in [2.24, 2.45) is 0 Å².